The van der Waals surface area contributed by atoms with Crippen LogP contribution in [0, 0.1) is 41.5 Å². The van der Waals surface area contributed by atoms with Gasteiger partial charge in [-0.2, -0.15) is 0 Å². The Balaban J connectivity index is 0.0000000952. The number of furan rings is 1. The Morgan fingerprint density at radius 1 is 0.158 bits per heavy atom. The summed E-state index contributed by atoms with van der Waals surface area (Å²) in [6.07, 6.45) is 0. The lowest BCUT2D eigenvalue weighted by atomic mass is 9.99. The maximum atomic E-state index is 6.17. The van der Waals surface area contributed by atoms with E-state index in [9.17, 15) is 0 Å². The molecule has 120 heavy (non-hydrogen) atoms. The third-order valence-corrected chi connectivity index (χ3v) is 28.7. The fourth-order valence-electron chi connectivity index (χ4n) is 16.7. The fraction of sp³-hybridized carbons (Fsp3) is 0.0526. The Hall–Kier alpha value is -13.1. The van der Waals surface area contributed by atoms with Crippen molar-refractivity contribution in [2.75, 3.05) is 0 Å². The van der Waals surface area contributed by atoms with Crippen LogP contribution in [0.5, 0.6) is 0 Å². The van der Waals surface area contributed by atoms with E-state index in [4.69, 9.17) is 4.42 Å². The van der Waals surface area contributed by atoms with Crippen LogP contribution in [0.4, 0.5) is 0 Å². The Morgan fingerprint density at radius 2 is 0.467 bits per heavy atom. The molecule has 0 spiro atoms. The van der Waals surface area contributed by atoms with E-state index in [1.807, 2.05) is 62.8 Å². The van der Waals surface area contributed by atoms with E-state index in [0.717, 1.165) is 16.7 Å². The number of benzene rings is 18. The van der Waals surface area contributed by atoms with Crippen molar-refractivity contribution in [3.8, 4) is 66.8 Å². The summed E-state index contributed by atoms with van der Waals surface area (Å²) >= 11 is 9.41. The van der Waals surface area contributed by atoms with Crippen LogP contribution in [0.15, 0.2) is 405 Å². The van der Waals surface area contributed by atoms with Gasteiger partial charge in [-0.3, -0.25) is 0 Å². The van der Waals surface area contributed by atoms with Crippen molar-refractivity contribution in [3.63, 3.8) is 0 Å². The van der Waals surface area contributed by atoms with Crippen LogP contribution in [0.3, 0.4) is 0 Å². The van der Waals surface area contributed by atoms with Crippen LogP contribution in [0.2, 0.25) is 0 Å². The van der Waals surface area contributed by atoms with Crippen LogP contribution in [-0.2, 0) is 0 Å². The molecule has 0 N–H and O–H groups in total. The quantitative estimate of drug-likeness (QED) is 0.162. The van der Waals surface area contributed by atoms with Crippen molar-refractivity contribution in [1.29, 1.82) is 0 Å². The lowest BCUT2D eigenvalue weighted by Crippen LogP contribution is -1.82. The summed E-state index contributed by atoms with van der Waals surface area (Å²) in [6, 6.07) is 143. The molecule has 6 aromatic heterocycles. The largest absolute Gasteiger partial charge is 0.455 e. The van der Waals surface area contributed by atoms with Gasteiger partial charge in [0.05, 0.1) is 0 Å². The molecule has 0 aliphatic carbocycles. The smallest absolute Gasteiger partial charge is 0.143 e. The molecule has 0 bridgehead atoms. The zero-order chi connectivity index (χ0) is 81.2. The first-order valence-electron chi connectivity index (χ1n) is 40.8. The Morgan fingerprint density at radius 3 is 0.992 bits per heavy atom. The van der Waals surface area contributed by atoms with Crippen molar-refractivity contribution in [2.24, 2.45) is 0 Å². The predicted molar refractivity (Wildman–Crippen MR) is 531 cm³/mol. The number of rotatable bonds is 6. The molecule has 6 heterocycles. The number of para-hydroxylation sites is 2. The highest BCUT2D eigenvalue weighted by molar-refractivity contribution is 7.28. The van der Waals surface area contributed by atoms with Crippen molar-refractivity contribution in [1.82, 2.24) is 0 Å². The SMILES string of the molecule is Cc1ccc(-c2cccc3c2sc2ccccc23)cc1.Cc1cccc(-c2ccc3sc4ccccc4c3c2)c1.Cc1cccc(-c2cccc3c2sc2ccccc23)c1.Cc1cccc2c1oc1c(-c3ccccc3)cccc12.Cc1ccccc1-c1ccc2sc3ccccc3c2c1.Cc1ccccc1-c1cccc2c1sc1ccccc12. The number of thiophene rings is 5. The summed E-state index contributed by atoms with van der Waals surface area (Å²) < 4.78 is 19.9. The highest BCUT2D eigenvalue weighted by Crippen LogP contribution is 2.46. The normalized spacial score (nSPS) is 11.2. The second-order valence-electron chi connectivity index (χ2n) is 30.8. The highest BCUT2D eigenvalue weighted by Gasteiger charge is 2.17. The van der Waals surface area contributed by atoms with Crippen LogP contribution in [-0.4, -0.2) is 0 Å². The molecule has 24 aromatic rings. The average Bonchev–Trinajstić information content (AvgIpc) is 1.67. The maximum Gasteiger partial charge on any atom is 0.143 e. The van der Waals surface area contributed by atoms with Crippen LogP contribution < -0.4 is 0 Å². The molecule has 576 valence electrons. The van der Waals surface area contributed by atoms with Gasteiger partial charge in [0.1, 0.15) is 11.2 Å². The maximum absolute atomic E-state index is 6.17. The standard InChI is InChI=1S/C19H14O.5C19H14S/c1-13-7-5-11-16-17-12-6-10-15(19(17)20-18(13)16)14-8-3-2-4-9-14;1-13-6-4-7-14(12-13)15-9-5-10-17-16-8-2-3-11-18(16)20-19(15)17;1-13-7-2-3-8-14(13)16-10-6-11-17-15-9-4-5-12-18(15)20-19(16)17;1-13-5-4-6-14(11-13)15-9-10-19-17(12-15)16-7-2-3-8-18(16)20-19;1-13-6-2-3-7-15(13)14-10-11-19-17(12-14)16-8-4-5-9-18(16)20-19;1-13-9-11-14(12-10-13)15-6-4-7-17-16-5-2-3-8-18(16)20-19(15)17/h6*2-12H,1H3. The van der Waals surface area contributed by atoms with Gasteiger partial charge in [0.25, 0.3) is 0 Å². The molecule has 6 heteroatoms. The zero-order valence-corrected chi connectivity index (χ0v) is 71.6. The van der Waals surface area contributed by atoms with Crippen LogP contribution in [0.1, 0.15) is 33.4 Å². The third-order valence-electron chi connectivity index (χ3n) is 22.7. The van der Waals surface area contributed by atoms with Gasteiger partial charge >= 0.3 is 0 Å². The van der Waals surface area contributed by atoms with Gasteiger partial charge in [-0.15, -0.1) is 56.7 Å². The highest BCUT2D eigenvalue weighted by atomic mass is 32.1. The molecule has 0 atom stereocenters. The van der Waals surface area contributed by atoms with Gasteiger partial charge in [0.2, 0.25) is 0 Å². The fourth-order valence-corrected chi connectivity index (χ4v) is 22.5. The molecular weight excluding hydrogens is 1550 g/mol. The van der Waals surface area contributed by atoms with Gasteiger partial charge in [-0.05, 0) is 174 Å². The molecule has 0 unspecified atom stereocenters. The summed E-state index contributed by atoms with van der Waals surface area (Å²) in [4.78, 5) is 0. The van der Waals surface area contributed by atoms with Gasteiger partial charge in [0.15, 0.2) is 0 Å². The Kier molecular flexibility index (Phi) is 21.8. The average molecular weight is 1630 g/mol. The Bertz CT molecular complexity index is 7850. The van der Waals surface area contributed by atoms with E-state index < -0.39 is 0 Å². The molecule has 0 fully saturated rings. The third kappa shape index (κ3) is 15.5. The van der Waals surface area contributed by atoms with E-state index in [0.29, 0.717) is 0 Å². The van der Waals surface area contributed by atoms with Crippen molar-refractivity contribution >= 4 is 179 Å². The van der Waals surface area contributed by atoms with E-state index in [1.165, 1.54) is 206 Å². The summed E-state index contributed by atoms with van der Waals surface area (Å²) in [5.41, 5.74) is 25.2. The van der Waals surface area contributed by atoms with Gasteiger partial charge in [-0.1, -0.05) is 362 Å². The molecule has 0 amide bonds. The van der Waals surface area contributed by atoms with E-state index in [-0.39, 0.29) is 0 Å². The lowest BCUT2D eigenvalue weighted by molar-refractivity contribution is 0.667. The lowest BCUT2D eigenvalue weighted by Gasteiger charge is -2.06. The van der Waals surface area contributed by atoms with Gasteiger partial charge in [0, 0.05) is 117 Å². The van der Waals surface area contributed by atoms with Gasteiger partial charge < -0.3 is 4.42 Å². The topological polar surface area (TPSA) is 13.1 Å². The van der Waals surface area contributed by atoms with Crippen LogP contribution >= 0.6 is 56.7 Å². The van der Waals surface area contributed by atoms with Crippen molar-refractivity contribution < 1.29 is 4.42 Å². The minimum atomic E-state index is 0.975. The second kappa shape index (κ2) is 34.1. The summed E-state index contributed by atoms with van der Waals surface area (Å²) in [5, 5.41) is 16.0. The monoisotopic (exact) mass is 1630 g/mol. The summed E-state index contributed by atoms with van der Waals surface area (Å²) in [7, 11) is 0. The summed E-state index contributed by atoms with van der Waals surface area (Å²) in [6.45, 7) is 12.9. The molecule has 0 saturated carbocycles. The number of fused-ring (bicyclic) bond motifs is 18. The second-order valence-corrected chi connectivity index (χ2v) is 36.1. The molecule has 0 aliphatic rings. The molecule has 18 aromatic carbocycles. The minimum absolute atomic E-state index is 0.975. The molecular formula is C114H84OS5. The predicted octanol–water partition coefficient (Wildman–Crippen LogP) is 35.7. The molecule has 1 nitrogen and oxygen atoms in total. The van der Waals surface area contributed by atoms with E-state index in [1.54, 1.807) is 0 Å². The number of hydrogen-bond donors (Lipinski definition) is 0. The first-order valence-corrected chi connectivity index (χ1v) is 44.9. The first kappa shape index (κ1) is 76.8. The Labute approximate surface area is 719 Å². The number of hydrogen-bond acceptors (Lipinski definition) is 6. The first-order chi connectivity index (χ1) is 59.0. The minimum Gasteiger partial charge on any atom is -0.455 e. The van der Waals surface area contributed by atoms with E-state index in [2.05, 4.69) is 436 Å². The van der Waals surface area contributed by atoms with Crippen molar-refractivity contribution in [2.45, 2.75) is 41.5 Å². The molecule has 0 aliphatic heterocycles. The van der Waals surface area contributed by atoms with E-state index >= 15 is 0 Å². The van der Waals surface area contributed by atoms with Crippen molar-refractivity contribution in [3.05, 3.63) is 434 Å². The zero-order valence-electron chi connectivity index (χ0n) is 67.6. The van der Waals surface area contributed by atoms with Gasteiger partial charge in [-0.25, -0.2) is 0 Å². The molecule has 0 radical (unpaired) electrons. The molecule has 0 saturated heterocycles. The summed E-state index contributed by atoms with van der Waals surface area (Å²) in [5.74, 6) is 0. The number of aryl methyl sites for hydroxylation is 6. The van der Waals surface area contributed by atoms with Crippen LogP contribution in [0.25, 0.3) is 190 Å². The molecule has 24 rings (SSSR count).